The molecule has 6 nitrogen and oxygen atoms in total. The highest BCUT2D eigenvalue weighted by Gasteiger charge is 2.13. The van der Waals surface area contributed by atoms with Crippen LogP contribution in [-0.2, 0) is 19.4 Å². The Balaban J connectivity index is 1.42. The molecule has 0 spiro atoms. The van der Waals surface area contributed by atoms with Gasteiger partial charge in [-0.25, -0.2) is 4.98 Å². The third kappa shape index (κ3) is 5.90. The Bertz CT molecular complexity index is 1310. The van der Waals surface area contributed by atoms with E-state index in [4.69, 9.17) is 14.5 Å². The number of benzene rings is 3. The molecule has 0 aliphatic carbocycles. The minimum absolute atomic E-state index is 0.0806. The topological polar surface area (TPSA) is 65.4 Å². The van der Waals surface area contributed by atoms with Crippen molar-refractivity contribution in [2.24, 2.45) is 0 Å². The first kappa shape index (κ1) is 24.1. The average Bonchev–Trinajstić information content (AvgIpc) is 3.22. The van der Waals surface area contributed by atoms with Gasteiger partial charge in [0, 0.05) is 18.5 Å². The van der Waals surface area contributed by atoms with Crippen molar-refractivity contribution >= 4 is 16.9 Å². The maximum Gasteiger partial charge on any atom is 0.251 e. The number of nitrogens with zero attached hydrogens (tertiary/aromatic N) is 2. The van der Waals surface area contributed by atoms with E-state index in [1.54, 1.807) is 7.11 Å². The highest BCUT2D eigenvalue weighted by atomic mass is 16.5. The fourth-order valence-corrected chi connectivity index (χ4v) is 4.03. The zero-order valence-corrected chi connectivity index (χ0v) is 20.3. The number of para-hydroxylation sites is 2. The van der Waals surface area contributed by atoms with Crippen molar-refractivity contribution in [3.63, 3.8) is 0 Å². The van der Waals surface area contributed by atoms with Crippen LogP contribution in [0.5, 0.6) is 11.5 Å². The van der Waals surface area contributed by atoms with Gasteiger partial charge in [0.05, 0.1) is 24.7 Å². The van der Waals surface area contributed by atoms with Gasteiger partial charge in [-0.2, -0.15) is 0 Å². The van der Waals surface area contributed by atoms with Crippen LogP contribution in [0.3, 0.4) is 0 Å². The number of carbonyl (C=O) groups is 1. The molecular formula is C29H31N3O3. The summed E-state index contributed by atoms with van der Waals surface area (Å²) in [7, 11) is 1.65. The van der Waals surface area contributed by atoms with E-state index in [0.717, 1.165) is 34.4 Å². The van der Waals surface area contributed by atoms with E-state index in [0.29, 0.717) is 43.2 Å². The third-order valence-corrected chi connectivity index (χ3v) is 5.86. The maximum atomic E-state index is 12.5. The lowest BCUT2D eigenvalue weighted by atomic mass is 10.1. The van der Waals surface area contributed by atoms with Gasteiger partial charge in [-0.15, -0.1) is 6.58 Å². The highest BCUT2D eigenvalue weighted by Crippen LogP contribution is 2.28. The lowest BCUT2D eigenvalue weighted by Gasteiger charge is -2.14. The van der Waals surface area contributed by atoms with Crippen LogP contribution in [0.25, 0.3) is 11.0 Å². The first-order valence-electron chi connectivity index (χ1n) is 11.8. The van der Waals surface area contributed by atoms with Crippen molar-refractivity contribution in [1.82, 2.24) is 14.9 Å². The molecule has 1 amide bonds. The molecule has 35 heavy (non-hydrogen) atoms. The van der Waals surface area contributed by atoms with Crippen LogP contribution in [0.2, 0.25) is 0 Å². The molecule has 1 N–H and O–H groups in total. The predicted octanol–water partition coefficient (Wildman–Crippen LogP) is 5.13. The van der Waals surface area contributed by atoms with Gasteiger partial charge in [-0.3, -0.25) is 4.79 Å². The van der Waals surface area contributed by atoms with Gasteiger partial charge in [0.15, 0.2) is 11.5 Å². The monoisotopic (exact) mass is 469 g/mol. The SMILES string of the molecule is C=CCc1ccc(OCCn2c(CCNC(=O)c3ccc(C)cc3)nc3ccccc32)c(OC)c1. The average molecular weight is 470 g/mol. The van der Waals surface area contributed by atoms with E-state index in [1.807, 2.05) is 73.7 Å². The summed E-state index contributed by atoms with van der Waals surface area (Å²) >= 11 is 0. The van der Waals surface area contributed by atoms with Gasteiger partial charge in [-0.1, -0.05) is 42.0 Å². The number of fused-ring (bicyclic) bond motifs is 1. The van der Waals surface area contributed by atoms with Crippen LogP contribution < -0.4 is 14.8 Å². The molecule has 0 fully saturated rings. The van der Waals surface area contributed by atoms with Crippen molar-refractivity contribution in [3.8, 4) is 11.5 Å². The summed E-state index contributed by atoms with van der Waals surface area (Å²) < 4.78 is 13.8. The lowest BCUT2D eigenvalue weighted by Crippen LogP contribution is -2.26. The smallest absolute Gasteiger partial charge is 0.251 e. The van der Waals surface area contributed by atoms with Crippen LogP contribution in [0.15, 0.2) is 79.4 Å². The predicted molar refractivity (Wildman–Crippen MR) is 139 cm³/mol. The Morgan fingerprint density at radius 1 is 1.09 bits per heavy atom. The molecule has 4 aromatic rings. The van der Waals surface area contributed by atoms with Crippen LogP contribution in [0.1, 0.15) is 27.3 Å². The Morgan fingerprint density at radius 3 is 2.66 bits per heavy atom. The number of rotatable bonds is 11. The van der Waals surface area contributed by atoms with E-state index < -0.39 is 0 Å². The molecule has 0 radical (unpaired) electrons. The van der Waals surface area contributed by atoms with E-state index >= 15 is 0 Å². The first-order chi connectivity index (χ1) is 17.1. The van der Waals surface area contributed by atoms with Crippen LogP contribution in [-0.4, -0.2) is 35.7 Å². The Hall–Kier alpha value is -4.06. The van der Waals surface area contributed by atoms with E-state index in [9.17, 15) is 4.79 Å². The second-order valence-electron chi connectivity index (χ2n) is 8.37. The molecule has 0 atom stereocenters. The fourth-order valence-electron chi connectivity index (χ4n) is 4.03. The van der Waals surface area contributed by atoms with Gasteiger partial charge in [0.1, 0.15) is 12.4 Å². The molecular weight excluding hydrogens is 438 g/mol. The van der Waals surface area contributed by atoms with Gasteiger partial charge < -0.3 is 19.4 Å². The summed E-state index contributed by atoms with van der Waals surface area (Å²) in [5.74, 6) is 2.24. The zero-order chi connectivity index (χ0) is 24.6. The molecule has 180 valence electrons. The van der Waals surface area contributed by atoms with Gasteiger partial charge in [0.25, 0.3) is 5.91 Å². The number of aryl methyl sites for hydroxylation is 1. The fraction of sp³-hybridized carbons (Fsp3) is 0.241. The molecule has 0 unspecified atom stereocenters. The maximum absolute atomic E-state index is 12.5. The summed E-state index contributed by atoms with van der Waals surface area (Å²) in [5, 5.41) is 3.00. The minimum atomic E-state index is -0.0806. The van der Waals surface area contributed by atoms with Crippen LogP contribution in [0, 0.1) is 6.92 Å². The number of imidazole rings is 1. The number of hydrogen-bond acceptors (Lipinski definition) is 4. The number of nitrogens with one attached hydrogen (secondary N) is 1. The van der Waals surface area contributed by atoms with Crippen molar-refractivity contribution in [1.29, 1.82) is 0 Å². The molecule has 0 aliphatic heterocycles. The number of hydrogen-bond donors (Lipinski definition) is 1. The number of carbonyl (C=O) groups excluding carboxylic acids is 1. The zero-order valence-electron chi connectivity index (χ0n) is 20.3. The molecule has 0 aliphatic rings. The molecule has 3 aromatic carbocycles. The van der Waals surface area contributed by atoms with Crippen molar-refractivity contribution in [2.45, 2.75) is 26.3 Å². The van der Waals surface area contributed by atoms with Crippen LogP contribution >= 0.6 is 0 Å². The van der Waals surface area contributed by atoms with Crippen molar-refractivity contribution in [3.05, 3.63) is 102 Å². The van der Waals surface area contributed by atoms with Crippen molar-refractivity contribution in [2.75, 3.05) is 20.3 Å². The first-order valence-corrected chi connectivity index (χ1v) is 11.8. The molecule has 0 saturated heterocycles. The second kappa shape index (κ2) is 11.4. The molecule has 4 rings (SSSR count). The molecule has 1 heterocycles. The third-order valence-electron chi connectivity index (χ3n) is 5.86. The molecule has 6 heteroatoms. The summed E-state index contributed by atoms with van der Waals surface area (Å²) in [6.07, 6.45) is 3.26. The number of aromatic nitrogens is 2. The minimum Gasteiger partial charge on any atom is -0.493 e. The Kier molecular flexibility index (Phi) is 7.83. The number of ether oxygens (including phenoxy) is 2. The number of methoxy groups -OCH3 is 1. The van der Waals surface area contributed by atoms with Crippen molar-refractivity contribution < 1.29 is 14.3 Å². The van der Waals surface area contributed by atoms with Crippen LogP contribution in [0.4, 0.5) is 0 Å². The summed E-state index contributed by atoms with van der Waals surface area (Å²) in [6.45, 7) is 7.37. The number of amides is 1. The lowest BCUT2D eigenvalue weighted by molar-refractivity contribution is 0.0954. The highest BCUT2D eigenvalue weighted by molar-refractivity contribution is 5.94. The largest absolute Gasteiger partial charge is 0.493 e. The molecule has 0 saturated carbocycles. The van der Waals surface area contributed by atoms with Gasteiger partial charge in [-0.05, 0) is 55.3 Å². The Labute approximate surface area is 206 Å². The molecule has 1 aromatic heterocycles. The second-order valence-corrected chi connectivity index (χ2v) is 8.37. The van der Waals surface area contributed by atoms with Gasteiger partial charge in [0.2, 0.25) is 0 Å². The number of allylic oxidation sites excluding steroid dienone is 1. The molecule has 0 bridgehead atoms. The van der Waals surface area contributed by atoms with E-state index in [-0.39, 0.29) is 5.91 Å². The summed E-state index contributed by atoms with van der Waals surface area (Å²) in [6, 6.07) is 21.5. The normalized spacial score (nSPS) is 10.8. The van der Waals surface area contributed by atoms with E-state index in [2.05, 4.69) is 22.5 Å². The summed E-state index contributed by atoms with van der Waals surface area (Å²) in [5.41, 5.74) is 4.89. The summed E-state index contributed by atoms with van der Waals surface area (Å²) in [4.78, 5) is 17.3. The standard InChI is InChI=1S/C29H31N3O3/c1-4-7-22-12-15-26(27(20-22)34-3)35-19-18-32-25-9-6-5-8-24(25)31-28(32)16-17-30-29(33)23-13-10-21(2)11-14-23/h4-6,8-15,20H,1,7,16-19H2,2-3H3,(H,30,33). The van der Waals surface area contributed by atoms with Gasteiger partial charge >= 0.3 is 0 Å². The Morgan fingerprint density at radius 2 is 1.89 bits per heavy atom. The van der Waals surface area contributed by atoms with E-state index in [1.165, 1.54) is 0 Å². The quantitative estimate of drug-likeness (QED) is 0.309.